The Morgan fingerprint density at radius 2 is 1.82 bits per heavy atom. The summed E-state index contributed by atoms with van der Waals surface area (Å²) in [4.78, 5) is 17.3. The molecule has 1 heterocycles. The molecule has 0 radical (unpaired) electrons. The van der Waals surface area contributed by atoms with Gasteiger partial charge in [0.05, 0.1) is 22.0 Å². The minimum atomic E-state index is -3.58. The molecule has 0 aliphatic rings. The van der Waals surface area contributed by atoms with Gasteiger partial charge >= 0.3 is 0 Å². The van der Waals surface area contributed by atoms with E-state index >= 15 is 0 Å². The lowest BCUT2D eigenvalue weighted by atomic mass is 10.1. The Balaban J connectivity index is 1.73. The molecule has 1 atom stereocenters. The molecule has 3 rings (SSSR count). The molecule has 0 fully saturated rings. The van der Waals surface area contributed by atoms with Crippen molar-refractivity contribution in [3.05, 3.63) is 59.9 Å². The molecule has 184 valence electrons. The maximum Gasteiger partial charge on any atom is 0.243 e. The number of nitrogens with zero attached hydrogens (tertiary/aromatic N) is 3. The Morgan fingerprint density at radius 3 is 2.47 bits per heavy atom. The van der Waals surface area contributed by atoms with E-state index in [4.69, 9.17) is 0 Å². The highest BCUT2D eigenvalue weighted by molar-refractivity contribution is 7.89. The van der Waals surface area contributed by atoms with Crippen LogP contribution in [0.25, 0.3) is 11.0 Å². The largest absolute Gasteiger partial charge is 0.387 e. The predicted molar refractivity (Wildman–Crippen MR) is 133 cm³/mol. The number of aryl methyl sites for hydroxylation is 2. The van der Waals surface area contributed by atoms with E-state index in [2.05, 4.69) is 21.8 Å². The minimum absolute atomic E-state index is 0.140. The van der Waals surface area contributed by atoms with Gasteiger partial charge in [-0.15, -0.1) is 0 Å². The quantitative estimate of drug-likeness (QED) is 0.409. The molecule has 1 unspecified atom stereocenters. The number of benzene rings is 2. The number of rotatable bonds is 12. The summed E-state index contributed by atoms with van der Waals surface area (Å²) in [6.07, 6.45) is 0.758. The fourth-order valence-electron chi connectivity index (χ4n) is 4.01. The van der Waals surface area contributed by atoms with Gasteiger partial charge in [-0.2, -0.15) is 4.31 Å². The van der Waals surface area contributed by atoms with Gasteiger partial charge in [0.2, 0.25) is 15.9 Å². The van der Waals surface area contributed by atoms with Crippen LogP contribution >= 0.6 is 0 Å². The summed E-state index contributed by atoms with van der Waals surface area (Å²) in [5.74, 6) is 0.572. The normalized spacial score (nSPS) is 12.9. The van der Waals surface area contributed by atoms with Gasteiger partial charge in [-0.25, -0.2) is 13.4 Å². The number of imidazole rings is 1. The van der Waals surface area contributed by atoms with Crippen LogP contribution in [-0.2, 0) is 27.8 Å². The average molecular weight is 487 g/mol. The number of hydrogen-bond acceptors (Lipinski definition) is 5. The van der Waals surface area contributed by atoms with Gasteiger partial charge in [0, 0.05) is 39.0 Å². The molecule has 8 nitrogen and oxygen atoms in total. The second-order valence-electron chi connectivity index (χ2n) is 8.15. The number of carbonyl (C=O) groups excluding carboxylic acids is 1. The van der Waals surface area contributed by atoms with Crippen molar-refractivity contribution in [3.8, 4) is 0 Å². The van der Waals surface area contributed by atoms with Crippen molar-refractivity contribution in [1.29, 1.82) is 0 Å². The topological polar surface area (TPSA) is 105 Å². The number of aromatic nitrogens is 2. The zero-order valence-electron chi connectivity index (χ0n) is 20.1. The molecule has 3 aromatic rings. The van der Waals surface area contributed by atoms with Crippen molar-refractivity contribution in [2.24, 2.45) is 0 Å². The number of carbonyl (C=O) groups is 1. The monoisotopic (exact) mass is 486 g/mol. The second-order valence-corrected chi connectivity index (χ2v) is 10.1. The lowest BCUT2D eigenvalue weighted by Gasteiger charge is -2.18. The maximum absolute atomic E-state index is 12.9. The Kier molecular flexibility index (Phi) is 8.82. The number of sulfonamides is 1. The van der Waals surface area contributed by atoms with E-state index in [1.807, 2.05) is 44.2 Å². The molecule has 0 aliphatic carbocycles. The van der Waals surface area contributed by atoms with Gasteiger partial charge in [-0.1, -0.05) is 51.1 Å². The summed E-state index contributed by atoms with van der Waals surface area (Å²) in [5, 5.41) is 13.0. The molecule has 1 amide bonds. The van der Waals surface area contributed by atoms with Crippen LogP contribution in [0.1, 0.15) is 51.1 Å². The fourth-order valence-corrected chi connectivity index (χ4v) is 5.49. The van der Waals surface area contributed by atoms with Crippen molar-refractivity contribution < 1.29 is 18.3 Å². The number of fused-ring (bicyclic) bond motifs is 1. The first-order chi connectivity index (χ1) is 16.3. The maximum atomic E-state index is 12.9. The van der Waals surface area contributed by atoms with Gasteiger partial charge in [0.15, 0.2) is 0 Å². The molecule has 0 aliphatic heterocycles. The van der Waals surface area contributed by atoms with E-state index in [1.165, 1.54) is 4.31 Å². The van der Waals surface area contributed by atoms with E-state index in [9.17, 15) is 18.3 Å². The van der Waals surface area contributed by atoms with Crippen molar-refractivity contribution in [1.82, 2.24) is 19.2 Å². The predicted octanol–water partition coefficient (Wildman–Crippen LogP) is 3.26. The number of hydrogen-bond donors (Lipinski definition) is 2. The van der Waals surface area contributed by atoms with E-state index in [1.54, 1.807) is 18.2 Å². The minimum Gasteiger partial charge on any atom is -0.387 e. The van der Waals surface area contributed by atoms with Crippen LogP contribution in [0.5, 0.6) is 0 Å². The van der Waals surface area contributed by atoms with E-state index in [-0.39, 0.29) is 23.8 Å². The van der Waals surface area contributed by atoms with Gasteiger partial charge in [0.1, 0.15) is 5.82 Å². The Labute approximate surface area is 201 Å². The highest BCUT2D eigenvalue weighted by Gasteiger charge is 2.23. The number of aliphatic hydroxyl groups is 1. The van der Waals surface area contributed by atoms with E-state index < -0.39 is 16.1 Å². The molecule has 9 heteroatoms. The van der Waals surface area contributed by atoms with Gasteiger partial charge < -0.3 is 15.0 Å². The number of amides is 1. The molecule has 0 spiro atoms. The van der Waals surface area contributed by atoms with Crippen molar-refractivity contribution >= 4 is 27.0 Å². The van der Waals surface area contributed by atoms with Gasteiger partial charge in [-0.05, 0) is 30.2 Å². The van der Waals surface area contributed by atoms with Crippen LogP contribution in [0.15, 0.2) is 53.4 Å². The van der Waals surface area contributed by atoms with Crippen molar-refractivity contribution in [2.75, 3.05) is 19.6 Å². The van der Waals surface area contributed by atoms with Crippen LogP contribution < -0.4 is 5.32 Å². The van der Waals surface area contributed by atoms with Crippen LogP contribution in [0.3, 0.4) is 0 Å². The SMILES string of the molecule is CCCn1c(CCC(=O)NCC(O)c2ccccc2)nc2cc(S(=O)(=O)N(CC)CC)ccc21. The third-order valence-electron chi connectivity index (χ3n) is 5.84. The number of nitrogens with one attached hydrogen (secondary N) is 1. The van der Waals surface area contributed by atoms with E-state index in [0.29, 0.717) is 25.0 Å². The summed E-state index contributed by atoms with van der Waals surface area (Å²) in [6.45, 7) is 7.37. The lowest BCUT2D eigenvalue weighted by Crippen LogP contribution is -2.30. The Hall–Kier alpha value is -2.75. The molecule has 0 bridgehead atoms. The van der Waals surface area contributed by atoms with Gasteiger partial charge in [-0.3, -0.25) is 4.79 Å². The Bertz CT molecular complexity index is 1200. The first-order valence-corrected chi connectivity index (χ1v) is 13.2. The summed E-state index contributed by atoms with van der Waals surface area (Å²) >= 11 is 0. The zero-order chi connectivity index (χ0) is 24.7. The highest BCUT2D eigenvalue weighted by Crippen LogP contribution is 2.24. The van der Waals surface area contributed by atoms with Crippen molar-refractivity contribution in [3.63, 3.8) is 0 Å². The van der Waals surface area contributed by atoms with Crippen LogP contribution in [0.4, 0.5) is 0 Å². The van der Waals surface area contributed by atoms with Crippen molar-refractivity contribution in [2.45, 2.75) is 57.6 Å². The molecule has 2 aromatic carbocycles. The summed E-state index contributed by atoms with van der Waals surface area (Å²) in [5.41, 5.74) is 2.22. The zero-order valence-corrected chi connectivity index (χ0v) is 20.9. The fraction of sp³-hybridized carbons (Fsp3) is 0.440. The first-order valence-electron chi connectivity index (χ1n) is 11.8. The summed E-state index contributed by atoms with van der Waals surface area (Å²) in [6, 6.07) is 14.2. The lowest BCUT2D eigenvalue weighted by molar-refractivity contribution is -0.121. The molecule has 0 saturated heterocycles. The summed E-state index contributed by atoms with van der Waals surface area (Å²) < 4.78 is 29.3. The third kappa shape index (κ3) is 5.84. The second kappa shape index (κ2) is 11.6. The van der Waals surface area contributed by atoms with Crippen LogP contribution in [0.2, 0.25) is 0 Å². The third-order valence-corrected chi connectivity index (χ3v) is 7.89. The summed E-state index contributed by atoms with van der Waals surface area (Å²) in [7, 11) is -3.58. The molecule has 34 heavy (non-hydrogen) atoms. The smallest absolute Gasteiger partial charge is 0.243 e. The molecule has 1 aromatic heterocycles. The first kappa shape index (κ1) is 25.9. The molecular weight excluding hydrogens is 452 g/mol. The van der Waals surface area contributed by atoms with Crippen LogP contribution in [0, 0.1) is 0 Å². The molecule has 0 saturated carbocycles. The highest BCUT2D eigenvalue weighted by atomic mass is 32.2. The average Bonchev–Trinajstić information content (AvgIpc) is 3.19. The molecular formula is C25H34N4O4S. The van der Waals surface area contributed by atoms with Gasteiger partial charge in [0.25, 0.3) is 0 Å². The molecule has 2 N–H and O–H groups in total. The van der Waals surface area contributed by atoms with E-state index in [0.717, 1.165) is 29.9 Å². The standard InChI is InChI=1S/C25H34N4O4S/c1-4-16-29-22-13-12-20(34(32,33)28(5-2)6-3)17-21(22)27-24(29)14-15-25(31)26-18-23(30)19-10-8-7-9-11-19/h7-13,17,23,30H,4-6,14-16,18H2,1-3H3,(H,26,31). The number of aliphatic hydroxyl groups excluding tert-OH is 1. The van der Waals surface area contributed by atoms with Crippen LogP contribution in [-0.4, -0.2) is 52.9 Å². The Morgan fingerprint density at radius 1 is 1.12 bits per heavy atom.